The molecule has 0 fully saturated rings. The molecule has 83 valence electrons. The quantitative estimate of drug-likeness (QED) is 0.569. The first kappa shape index (κ1) is 12.8. The highest BCUT2D eigenvalue weighted by atomic mass is 19.4. The van der Waals surface area contributed by atoms with Crippen molar-refractivity contribution >= 4 is 6.09 Å². The third kappa shape index (κ3) is 2.17. The zero-order chi connectivity index (χ0) is 11.8. The van der Waals surface area contributed by atoms with Gasteiger partial charge in [0.2, 0.25) is 0 Å². The Bertz CT molecular complexity index is 234. The first-order valence-corrected chi connectivity index (χ1v) is 2.73. The molecule has 0 aliphatic heterocycles. The van der Waals surface area contributed by atoms with Gasteiger partial charge in [-0.3, -0.25) is 5.32 Å². The SMILES string of the molecule is [O]C(=O)NC(F)(F)C(F)(F)C(F)(F)F. The zero-order valence-corrected chi connectivity index (χ0v) is 5.96. The summed E-state index contributed by atoms with van der Waals surface area (Å²) >= 11 is 0. The molecule has 0 atom stereocenters. The standard InChI is InChI=1S/C4HF7NO2/c5-2(6,3(7,8)9)4(10,11)12-1(13)14/h12H. The van der Waals surface area contributed by atoms with E-state index in [0.717, 1.165) is 0 Å². The van der Waals surface area contributed by atoms with Gasteiger partial charge in [0.05, 0.1) is 0 Å². The lowest BCUT2D eigenvalue weighted by Gasteiger charge is -2.26. The van der Waals surface area contributed by atoms with Crippen LogP contribution in [0.1, 0.15) is 0 Å². The van der Waals surface area contributed by atoms with Crippen LogP contribution in [0.3, 0.4) is 0 Å². The summed E-state index contributed by atoms with van der Waals surface area (Å²) < 4.78 is 81.5. The largest absolute Gasteiger partial charge is 0.462 e. The molecule has 0 saturated carbocycles. The number of hydrogen-bond acceptors (Lipinski definition) is 1. The third-order valence-electron chi connectivity index (χ3n) is 1.01. The van der Waals surface area contributed by atoms with E-state index in [2.05, 4.69) is 0 Å². The fourth-order valence-corrected chi connectivity index (χ4v) is 0.385. The van der Waals surface area contributed by atoms with E-state index in [1.165, 1.54) is 0 Å². The Morgan fingerprint density at radius 2 is 1.29 bits per heavy atom. The van der Waals surface area contributed by atoms with Crippen LogP contribution in [0.4, 0.5) is 35.5 Å². The van der Waals surface area contributed by atoms with E-state index in [1.54, 1.807) is 0 Å². The smallest absolute Gasteiger partial charge is 0.253 e. The van der Waals surface area contributed by atoms with Gasteiger partial charge in [0.15, 0.2) is 0 Å². The van der Waals surface area contributed by atoms with Crippen LogP contribution in [0, 0.1) is 0 Å². The maximum atomic E-state index is 11.9. The zero-order valence-electron chi connectivity index (χ0n) is 5.96. The van der Waals surface area contributed by atoms with Gasteiger partial charge in [-0.1, -0.05) is 0 Å². The molecule has 0 aromatic rings. The number of hydrogen-bond donors (Lipinski definition) is 1. The van der Waals surface area contributed by atoms with Crippen molar-refractivity contribution in [2.24, 2.45) is 0 Å². The number of carbonyl (C=O) groups excluding carboxylic acids is 1. The van der Waals surface area contributed by atoms with E-state index in [-0.39, 0.29) is 5.32 Å². The lowest BCUT2D eigenvalue weighted by Crippen LogP contribution is -2.60. The Morgan fingerprint density at radius 1 is 0.929 bits per heavy atom. The molecule has 0 aliphatic carbocycles. The minimum atomic E-state index is -6.57. The molecule has 0 spiro atoms. The highest BCUT2D eigenvalue weighted by Gasteiger charge is 2.74. The van der Waals surface area contributed by atoms with Gasteiger partial charge in [-0.2, -0.15) is 30.7 Å². The van der Waals surface area contributed by atoms with E-state index in [0.29, 0.717) is 0 Å². The normalized spacial score (nSPS) is 13.9. The molecule has 1 radical (unpaired) electrons. The molecule has 1 amide bonds. The molecule has 0 aromatic heterocycles. The van der Waals surface area contributed by atoms with Gasteiger partial charge in [0.25, 0.3) is 0 Å². The maximum absolute atomic E-state index is 11.9. The van der Waals surface area contributed by atoms with Crippen LogP contribution in [-0.2, 0) is 5.11 Å². The predicted octanol–water partition coefficient (Wildman–Crippen LogP) is 1.92. The van der Waals surface area contributed by atoms with E-state index >= 15 is 0 Å². The van der Waals surface area contributed by atoms with Gasteiger partial charge in [-0.05, 0) is 0 Å². The fourth-order valence-electron chi connectivity index (χ4n) is 0.385. The molecule has 0 bridgehead atoms. The van der Waals surface area contributed by atoms with Gasteiger partial charge in [0.1, 0.15) is 0 Å². The van der Waals surface area contributed by atoms with Crippen molar-refractivity contribution in [3.8, 4) is 0 Å². The lowest BCUT2D eigenvalue weighted by atomic mass is 10.3. The lowest BCUT2D eigenvalue weighted by molar-refractivity contribution is -0.359. The van der Waals surface area contributed by atoms with Crippen molar-refractivity contribution < 1.29 is 40.6 Å². The molecule has 0 saturated heterocycles. The van der Waals surface area contributed by atoms with Crippen molar-refractivity contribution in [3.63, 3.8) is 0 Å². The van der Waals surface area contributed by atoms with Crippen molar-refractivity contribution in [3.05, 3.63) is 0 Å². The summed E-state index contributed by atoms with van der Waals surface area (Å²) in [6.45, 7) is 0. The topological polar surface area (TPSA) is 49.0 Å². The Hall–Kier alpha value is -1.22. The molecule has 0 heterocycles. The number of rotatable bonds is 2. The van der Waals surface area contributed by atoms with Gasteiger partial charge in [-0.15, -0.1) is 0 Å². The minimum Gasteiger partial charge on any atom is -0.253 e. The van der Waals surface area contributed by atoms with Crippen LogP contribution < -0.4 is 5.32 Å². The third-order valence-corrected chi connectivity index (χ3v) is 1.01. The van der Waals surface area contributed by atoms with E-state index in [9.17, 15) is 40.6 Å². The van der Waals surface area contributed by atoms with Gasteiger partial charge in [0, 0.05) is 0 Å². The van der Waals surface area contributed by atoms with Crippen LogP contribution >= 0.6 is 0 Å². The Morgan fingerprint density at radius 3 is 1.50 bits per heavy atom. The molecule has 0 aromatic carbocycles. The second-order valence-corrected chi connectivity index (χ2v) is 2.06. The summed E-state index contributed by atoms with van der Waals surface area (Å²) in [5.74, 6) is -6.50. The first-order valence-electron chi connectivity index (χ1n) is 2.73. The van der Waals surface area contributed by atoms with E-state index < -0.39 is 24.2 Å². The number of nitrogens with one attached hydrogen (secondary N) is 1. The second-order valence-electron chi connectivity index (χ2n) is 2.06. The van der Waals surface area contributed by atoms with Crippen LogP contribution in [0.25, 0.3) is 0 Å². The van der Waals surface area contributed by atoms with Gasteiger partial charge < -0.3 is 0 Å². The van der Waals surface area contributed by atoms with Crippen LogP contribution in [0.2, 0.25) is 0 Å². The molecule has 3 nitrogen and oxygen atoms in total. The number of amides is 1. The van der Waals surface area contributed by atoms with Crippen LogP contribution in [0.5, 0.6) is 0 Å². The maximum Gasteiger partial charge on any atom is 0.462 e. The predicted molar refractivity (Wildman–Crippen MR) is 25.2 cm³/mol. The molecule has 0 aliphatic rings. The molecule has 10 heteroatoms. The summed E-state index contributed by atoms with van der Waals surface area (Å²) in [5.41, 5.74) is 0. The Labute approximate surface area is 71.5 Å². The fraction of sp³-hybridized carbons (Fsp3) is 0.750. The van der Waals surface area contributed by atoms with Crippen LogP contribution in [0.15, 0.2) is 0 Å². The average molecular weight is 228 g/mol. The van der Waals surface area contributed by atoms with Crippen molar-refractivity contribution in [2.75, 3.05) is 0 Å². The highest BCUT2D eigenvalue weighted by molar-refractivity contribution is 5.64. The number of halogens is 7. The monoisotopic (exact) mass is 228 g/mol. The van der Waals surface area contributed by atoms with Crippen molar-refractivity contribution in [2.45, 2.75) is 18.1 Å². The molecule has 0 unspecified atom stereocenters. The summed E-state index contributed by atoms with van der Waals surface area (Å²) in [5, 5.41) is 9.05. The molecule has 14 heavy (non-hydrogen) atoms. The van der Waals surface area contributed by atoms with E-state index in [4.69, 9.17) is 0 Å². The molecule has 1 N–H and O–H groups in total. The number of carbonyl (C=O) groups is 1. The molecule has 0 rings (SSSR count). The Balaban J connectivity index is 4.97. The first-order chi connectivity index (χ1) is 5.92. The van der Waals surface area contributed by atoms with Crippen molar-refractivity contribution in [1.82, 2.24) is 5.32 Å². The van der Waals surface area contributed by atoms with Gasteiger partial charge in [-0.25, -0.2) is 9.90 Å². The summed E-state index contributed by atoms with van der Waals surface area (Å²) in [6, 6.07) is -5.97. The minimum absolute atomic E-state index is 0.332. The highest BCUT2D eigenvalue weighted by Crippen LogP contribution is 2.44. The van der Waals surface area contributed by atoms with Crippen molar-refractivity contribution in [1.29, 1.82) is 0 Å². The average Bonchev–Trinajstić information content (AvgIpc) is 1.80. The molecular weight excluding hydrogens is 227 g/mol. The van der Waals surface area contributed by atoms with E-state index in [1.807, 2.05) is 0 Å². The van der Waals surface area contributed by atoms with Gasteiger partial charge >= 0.3 is 24.2 Å². The number of alkyl halides is 7. The van der Waals surface area contributed by atoms with Crippen LogP contribution in [-0.4, -0.2) is 24.2 Å². The summed E-state index contributed by atoms with van der Waals surface area (Å²) in [7, 11) is 0. The Kier molecular flexibility index (Phi) is 2.89. The summed E-state index contributed by atoms with van der Waals surface area (Å²) in [4.78, 5) is 9.39. The summed E-state index contributed by atoms with van der Waals surface area (Å²) in [6.07, 6.45) is -9.52. The second kappa shape index (κ2) is 3.17. The molecular formula is C4HF7NO2.